The number of amides is 2. The molecule has 6 nitrogen and oxygen atoms in total. The summed E-state index contributed by atoms with van der Waals surface area (Å²) in [7, 11) is 0. The predicted molar refractivity (Wildman–Crippen MR) is 61.9 cm³/mol. The molecule has 2 aromatic rings. The standard InChI is InChI=1S/C11H12N4O2/c12-10(16)5-13-11(17)6-15-7-14-8-3-1-2-4-9(8)15/h1-4,7H,5-6H2,(H2,12,16)(H,13,17). The molecule has 88 valence electrons. The summed E-state index contributed by atoms with van der Waals surface area (Å²) in [5.74, 6) is -0.833. The number of nitrogens with two attached hydrogens (primary N) is 1. The van der Waals surface area contributed by atoms with E-state index in [-0.39, 0.29) is 19.0 Å². The van der Waals surface area contributed by atoms with Crippen molar-refractivity contribution in [1.29, 1.82) is 0 Å². The molecule has 0 aliphatic rings. The molecule has 3 N–H and O–H groups in total. The Bertz CT molecular complexity index is 561. The Morgan fingerprint density at radius 2 is 2.12 bits per heavy atom. The minimum atomic E-state index is -0.561. The van der Waals surface area contributed by atoms with Crippen molar-refractivity contribution in [3.63, 3.8) is 0 Å². The van der Waals surface area contributed by atoms with Crippen molar-refractivity contribution < 1.29 is 9.59 Å². The molecule has 0 fully saturated rings. The van der Waals surface area contributed by atoms with E-state index >= 15 is 0 Å². The minimum absolute atomic E-state index is 0.119. The summed E-state index contributed by atoms with van der Waals surface area (Å²) in [5, 5.41) is 2.42. The van der Waals surface area contributed by atoms with Gasteiger partial charge in [0.15, 0.2) is 0 Å². The molecule has 0 aliphatic carbocycles. The van der Waals surface area contributed by atoms with Gasteiger partial charge in [-0.1, -0.05) is 12.1 Å². The predicted octanol–water partition coefficient (Wildman–Crippen LogP) is -0.362. The van der Waals surface area contributed by atoms with Crippen molar-refractivity contribution in [3.05, 3.63) is 30.6 Å². The van der Waals surface area contributed by atoms with E-state index in [1.165, 1.54) is 0 Å². The van der Waals surface area contributed by atoms with Gasteiger partial charge in [-0.25, -0.2) is 4.98 Å². The number of carbonyl (C=O) groups excluding carboxylic acids is 2. The maximum absolute atomic E-state index is 11.5. The Kier molecular flexibility index (Phi) is 3.04. The van der Waals surface area contributed by atoms with Crippen LogP contribution in [0.25, 0.3) is 11.0 Å². The van der Waals surface area contributed by atoms with E-state index < -0.39 is 5.91 Å². The van der Waals surface area contributed by atoms with Crippen LogP contribution in [-0.4, -0.2) is 27.9 Å². The third-order valence-corrected chi connectivity index (χ3v) is 2.30. The number of para-hydroxylation sites is 2. The van der Waals surface area contributed by atoms with E-state index in [2.05, 4.69) is 10.3 Å². The van der Waals surface area contributed by atoms with E-state index in [0.717, 1.165) is 11.0 Å². The van der Waals surface area contributed by atoms with Crippen LogP contribution in [0.2, 0.25) is 0 Å². The fraction of sp³-hybridized carbons (Fsp3) is 0.182. The number of nitrogens with one attached hydrogen (secondary N) is 1. The zero-order chi connectivity index (χ0) is 12.3. The Balaban J connectivity index is 2.08. The van der Waals surface area contributed by atoms with Gasteiger partial charge in [0.1, 0.15) is 6.54 Å². The molecule has 1 heterocycles. The lowest BCUT2D eigenvalue weighted by atomic mass is 10.3. The van der Waals surface area contributed by atoms with Gasteiger partial charge < -0.3 is 15.6 Å². The number of primary amides is 1. The molecule has 0 radical (unpaired) electrons. The van der Waals surface area contributed by atoms with E-state index in [4.69, 9.17) is 5.73 Å². The van der Waals surface area contributed by atoms with E-state index in [9.17, 15) is 9.59 Å². The molecule has 0 saturated heterocycles. The van der Waals surface area contributed by atoms with Gasteiger partial charge in [-0.15, -0.1) is 0 Å². The van der Waals surface area contributed by atoms with Gasteiger partial charge in [0.05, 0.1) is 23.9 Å². The van der Waals surface area contributed by atoms with Crippen LogP contribution in [0.4, 0.5) is 0 Å². The van der Waals surface area contributed by atoms with Crippen molar-refractivity contribution in [2.75, 3.05) is 6.54 Å². The average Bonchev–Trinajstić information content (AvgIpc) is 2.70. The molecule has 1 aromatic carbocycles. The summed E-state index contributed by atoms with van der Waals surface area (Å²) in [6.07, 6.45) is 1.59. The fourth-order valence-electron chi connectivity index (χ4n) is 1.53. The molecular formula is C11H12N4O2. The summed E-state index contributed by atoms with van der Waals surface area (Å²) in [4.78, 5) is 26.2. The summed E-state index contributed by atoms with van der Waals surface area (Å²) in [6, 6.07) is 7.51. The van der Waals surface area contributed by atoms with Gasteiger partial charge >= 0.3 is 0 Å². The smallest absolute Gasteiger partial charge is 0.240 e. The number of imidazole rings is 1. The molecule has 0 spiro atoms. The lowest BCUT2D eigenvalue weighted by molar-refractivity contribution is -0.125. The number of benzene rings is 1. The first-order chi connectivity index (χ1) is 8.16. The second-order valence-corrected chi connectivity index (χ2v) is 3.60. The van der Waals surface area contributed by atoms with Crippen LogP contribution >= 0.6 is 0 Å². The fourth-order valence-corrected chi connectivity index (χ4v) is 1.53. The molecule has 6 heteroatoms. The van der Waals surface area contributed by atoms with Crippen LogP contribution in [-0.2, 0) is 16.1 Å². The van der Waals surface area contributed by atoms with Crippen LogP contribution in [0.3, 0.4) is 0 Å². The first-order valence-electron chi connectivity index (χ1n) is 5.11. The minimum Gasteiger partial charge on any atom is -0.368 e. The maximum atomic E-state index is 11.5. The number of hydrogen-bond acceptors (Lipinski definition) is 3. The van der Waals surface area contributed by atoms with Gasteiger partial charge in [-0.3, -0.25) is 9.59 Å². The zero-order valence-electron chi connectivity index (χ0n) is 9.09. The van der Waals surface area contributed by atoms with Gasteiger partial charge in [0, 0.05) is 0 Å². The van der Waals surface area contributed by atoms with Crippen molar-refractivity contribution >= 4 is 22.8 Å². The SMILES string of the molecule is NC(=O)CNC(=O)Cn1cnc2ccccc21. The van der Waals surface area contributed by atoms with Crippen LogP contribution in [0.1, 0.15) is 0 Å². The summed E-state index contributed by atoms with van der Waals surface area (Å²) in [5.41, 5.74) is 6.64. The van der Waals surface area contributed by atoms with Crippen LogP contribution in [0.15, 0.2) is 30.6 Å². The Morgan fingerprint density at radius 1 is 1.35 bits per heavy atom. The lowest BCUT2D eigenvalue weighted by Gasteiger charge is -2.04. The number of aromatic nitrogens is 2. The second kappa shape index (κ2) is 4.65. The van der Waals surface area contributed by atoms with E-state index in [0.29, 0.717) is 0 Å². The average molecular weight is 232 g/mol. The molecule has 0 unspecified atom stereocenters. The van der Waals surface area contributed by atoms with E-state index in [1.807, 2.05) is 24.3 Å². The highest BCUT2D eigenvalue weighted by Gasteiger charge is 2.06. The second-order valence-electron chi connectivity index (χ2n) is 3.60. The van der Waals surface area contributed by atoms with Crippen molar-refractivity contribution in [3.8, 4) is 0 Å². The number of rotatable bonds is 4. The third-order valence-electron chi connectivity index (χ3n) is 2.30. The topological polar surface area (TPSA) is 90.0 Å². The number of fused-ring (bicyclic) bond motifs is 1. The Labute approximate surface area is 97.4 Å². The normalized spacial score (nSPS) is 10.4. The van der Waals surface area contributed by atoms with Gasteiger partial charge in [0.2, 0.25) is 11.8 Å². The molecule has 0 bridgehead atoms. The molecule has 0 aliphatic heterocycles. The highest BCUT2D eigenvalue weighted by Crippen LogP contribution is 2.11. The highest BCUT2D eigenvalue weighted by atomic mass is 16.2. The lowest BCUT2D eigenvalue weighted by Crippen LogP contribution is -2.35. The third kappa shape index (κ3) is 2.60. The highest BCUT2D eigenvalue weighted by molar-refractivity contribution is 5.84. The molecule has 0 atom stereocenters. The van der Waals surface area contributed by atoms with Crippen LogP contribution in [0.5, 0.6) is 0 Å². The summed E-state index contributed by atoms with van der Waals surface area (Å²) < 4.78 is 1.71. The summed E-state index contributed by atoms with van der Waals surface area (Å²) >= 11 is 0. The molecule has 2 rings (SSSR count). The monoisotopic (exact) mass is 232 g/mol. The molecule has 0 saturated carbocycles. The molecule has 1 aromatic heterocycles. The quantitative estimate of drug-likeness (QED) is 0.754. The molecular weight excluding hydrogens is 220 g/mol. The van der Waals surface area contributed by atoms with Crippen molar-refractivity contribution in [2.45, 2.75) is 6.54 Å². The maximum Gasteiger partial charge on any atom is 0.240 e. The van der Waals surface area contributed by atoms with E-state index in [1.54, 1.807) is 10.9 Å². The van der Waals surface area contributed by atoms with Crippen LogP contribution in [0, 0.1) is 0 Å². The number of nitrogens with zero attached hydrogens (tertiary/aromatic N) is 2. The van der Waals surface area contributed by atoms with Crippen molar-refractivity contribution in [2.24, 2.45) is 5.73 Å². The zero-order valence-corrected chi connectivity index (χ0v) is 9.09. The summed E-state index contributed by atoms with van der Waals surface area (Å²) in [6.45, 7) is -0.0285. The largest absolute Gasteiger partial charge is 0.368 e. The van der Waals surface area contributed by atoms with Crippen molar-refractivity contribution in [1.82, 2.24) is 14.9 Å². The molecule has 2 amide bonds. The van der Waals surface area contributed by atoms with Gasteiger partial charge in [-0.2, -0.15) is 0 Å². The Hall–Kier alpha value is -2.37. The first-order valence-corrected chi connectivity index (χ1v) is 5.11. The number of hydrogen-bond donors (Lipinski definition) is 2. The van der Waals surface area contributed by atoms with Gasteiger partial charge in [-0.05, 0) is 12.1 Å². The number of carbonyl (C=O) groups is 2. The Morgan fingerprint density at radius 3 is 2.88 bits per heavy atom. The van der Waals surface area contributed by atoms with Gasteiger partial charge in [0.25, 0.3) is 0 Å². The van der Waals surface area contributed by atoms with Crippen LogP contribution < -0.4 is 11.1 Å². The molecule has 17 heavy (non-hydrogen) atoms. The first kappa shape index (κ1) is 11.1.